The van der Waals surface area contributed by atoms with Gasteiger partial charge in [0.2, 0.25) is 5.89 Å². The van der Waals surface area contributed by atoms with Gasteiger partial charge in [-0.1, -0.05) is 36.4 Å². The lowest BCUT2D eigenvalue weighted by molar-refractivity contribution is -0.154. The van der Waals surface area contributed by atoms with E-state index in [0.717, 1.165) is 22.4 Å². The third kappa shape index (κ3) is 3.76. The number of carbonyl (C=O) groups excluding carboxylic acids is 2. The zero-order valence-corrected chi connectivity index (χ0v) is 16.6. The molecule has 0 unspecified atom stereocenters. The van der Waals surface area contributed by atoms with Crippen molar-refractivity contribution in [3.05, 3.63) is 70.7 Å². The van der Waals surface area contributed by atoms with Crippen molar-refractivity contribution < 1.29 is 18.7 Å². The van der Waals surface area contributed by atoms with Gasteiger partial charge < -0.3 is 14.1 Å². The average Bonchev–Trinajstić information content (AvgIpc) is 3.27. The third-order valence-electron chi connectivity index (χ3n) is 5.01. The van der Waals surface area contributed by atoms with E-state index < -0.39 is 24.4 Å². The van der Waals surface area contributed by atoms with E-state index in [9.17, 15) is 14.4 Å². The molecule has 0 N–H and O–H groups in total. The Balaban J connectivity index is 1.43. The Labute approximate surface area is 172 Å². The second-order valence-corrected chi connectivity index (χ2v) is 7.22. The summed E-state index contributed by atoms with van der Waals surface area (Å²) >= 11 is 0. The molecule has 0 saturated carbocycles. The van der Waals surface area contributed by atoms with E-state index in [1.54, 1.807) is 29.2 Å². The van der Waals surface area contributed by atoms with E-state index in [1.165, 1.54) is 6.92 Å². The van der Waals surface area contributed by atoms with Crippen LogP contribution in [-0.4, -0.2) is 33.8 Å². The smallest absolute Gasteiger partial charge is 0.437 e. The first-order chi connectivity index (χ1) is 14.4. The van der Waals surface area contributed by atoms with E-state index in [4.69, 9.17) is 9.15 Å². The van der Waals surface area contributed by atoms with Gasteiger partial charge in [0.15, 0.2) is 6.10 Å². The quantitative estimate of drug-likeness (QED) is 0.603. The van der Waals surface area contributed by atoms with Gasteiger partial charge in [0.25, 0.3) is 5.91 Å². The van der Waals surface area contributed by atoms with Crippen molar-refractivity contribution in [1.82, 2.24) is 9.78 Å². The average molecular weight is 407 g/mol. The third-order valence-corrected chi connectivity index (χ3v) is 5.01. The summed E-state index contributed by atoms with van der Waals surface area (Å²) in [6.45, 7) is 3.03. The van der Waals surface area contributed by atoms with Crippen LogP contribution in [-0.2, 0) is 27.3 Å². The summed E-state index contributed by atoms with van der Waals surface area (Å²) in [5, 5.41) is 4.03. The van der Waals surface area contributed by atoms with Crippen LogP contribution in [0.2, 0.25) is 0 Å². The molecule has 1 amide bonds. The number of hydrogen-bond donors (Lipinski definition) is 0. The van der Waals surface area contributed by atoms with Crippen LogP contribution in [0.3, 0.4) is 0 Å². The number of anilines is 1. The highest BCUT2D eigenvalue weighted by Crippen LogP contribution is 2.32. The normalized spacial score (nSPS) is 16.2. The number of hydrogen-bond acceptors (Lipinski definition) is 6. The Kier molecular flexibility index (Phi) is 5.22. The number of amides is 1. The Morgan fingerprint density at radius 1 is 1.17 bits per heavy atom. The van der Waals surface area contributed by atoms with Crippen molar-refractivity contribution in [3.63, 3.8) is 0 Å². The van der Waals surface area contributed by atoms with Crippen molar-refractivity contribution in [2.75, 3.05) is 4.90 Å². The van der Waals surface area contributed by atoms with Crippen LogP contribution in [0.25, 0.3) is 11.5 Å². The summed E-state index contributed by atoms with van der Waals surface area (Å²) in [4.78, 5) is 38.9. The van der Waals surface area contributed by atoms with E-state index in [-0.39, 0.29) is 17.8 Å². The van der Waals surface area contributed by atoms with Gasteiger partial charge in [0.1, 0.15) is 6.54 Å². The van der Waals surface area contributed by atoms with Gasteiger partial charge in [-0.25, -0.2) is 4.79 Å². The first-order valence-corrected chi connectivity index (χ1v) is 9.68. The molecule has 30 heavy (non-hydrogen) atoms. The largest absolute Gasteiger partial charge is 0.451 e. The monoisotopic (exact) mass is 407 g/mol. The van der Waals surface area contributed by atoms with E-state index in [0.29, 0.717) is 5.56 Å². The summed E-state index contributed by atoms with van der Waals surface area (Å²) < 4.78 is 11.3. The Morgan fingerprint density at radius 3 is 2.63 bits per heavy atom. The second-order valence-electron chi connectivity index (χ2n) is 7.22. The molecule has 0 aliphatic carbocycles. The van der Waals surface area contributed by atoms with Gasteiger partial charge in [0.05, 0.1) is 0 Å². The molecule has 2 heterocycles. The molecule has 4 rings (SSSR count). The number of para-hydroxylation sites is 1. The molecular weight excluding hydrogens is 386 g/mol. The first-order valence-electron chi connectivity index (χ1n) is 9.68. The van der Waals surface area contributed by atoms with Crippen LogP contribution in [0.5, 0.6) is 0 Å². The Morgan fingerprint density at radius 2 is 1.87 bits per heavy atom. The summed E-state index contributed by atoms with van der Waals surface area (Å²) in [6.07, 6.45) is -0.249. The molecule has 1 aromatic heterocycles. The Hall–Kier alpha value is -3.68. The lowest BCUT2D eigenvalue weighted by Crippen LogP contribution is -2.43. The molecule has 0 fully saturated rings. The lowest BCUT2D eigenvalue weighted by atomic mass is 10.1. The van der Waals surface area contributed by atoms with Crippen LogP contribution in [0.1, 0.15) is 19.4 Å². The minimum Gasteiger partial charge on any atom is -0.451 e. The van der Waals surface area contributed by atoms with Crippen LogP contribution in [0, 0.1) is 0 Å². The highest BCUT2D eigenvalue weighted by atomic mass is 16.5. The first kappa shape index (κ1) is 19.6. The predicted octanol–water partition coefficient (Wildman–Crippen LogP) is 2.41. The maximum Gasteiger partial charge on any atom is 0.437 e. The summed E-state index contributed by atoms with van der Waals surface area (Å²) in [6, 6.07) is 16.5. The Bertz CT molecular complexity index is 1130. The number of nitrogens with zero attached hydrogens (tertiary/aromatic N) is 3. The van der Waals surface area contributed by atoms with Crippen LogP contribution in [0.15, 0.2) is 63.8 Å². The van der Waals surface area contributed by atoms with Gasteiger partial charge in [-0.2, -0.15) is 4.68 Å². The molecule has 3 aromatic rings. The molecule has 1 aliphatic rings. The molecule has 0 radical (unpaired) electrons. The molecular formula is C22H21N3O5. The van der Waals surface area contributed by atoms with E-state index in [1.807, 2.05) is 37.3 Å². The summed E-state index contributed by atoms with van der Waals surface area (Å²) in [7, 11) is 0. The molecule has 2 atom stereocenters. The fourth-order valence-electron chi connectivity index (χ4n) is 3.61. The molecule has 0 bridgehead atoms. The van der Waals surface area contributed by atoms with Crippen molar-refractivity contribution >= 4 is 17.6 Å². The second kappa shape index (κ2) is 7.98. The lowest BCUT2D eigenvalue weighted by Gasteiger charge is -2.25. The predicted molar refractivity (Wildman–Crippen MR) is 109 cm³/mol. The van der Waals surface area contributed by atoms with Crippen molar-refractivity contribution in [2.45, 2.75) is 39.0 Å². The SMILES string of the molecule is C[C@@H](OC(=O)Cn1nc(-c2ccccc2)oc1=O)C(=O)N1c2ccccc2C[C@@H]1C. The summed E-state index contributed by atoms with van der Waals surface area (Å²) in [5.74, 6) is -1.71. The maximum atomic E-state index is 12.9. The van der Waals surface area contributed by atoms with Gasteiger partial charge in [0, 0.05) is 17.3 Å². The van der Waals surface area contributed by atoms with Crippen LogP contribution < -0.4 is 10.7 Å². The molecule has 0 saturated heterocycles. The van der Waals surface area contributed by atoms with E-state index in [2.05, 4.69) is 5.10 Å². The standard InChI is InChI=1S/C22H21N3O5/c1-14-12-17-10-6-7-11-18(17)25(14)21(27)15(2)29-19(26)13-24-22(28)30-20(23-24)16-8-4-3-5-9-16/h3-11,14-15H,12-13H2,1-2H3/t14-,15+/m0/s1. The maximum absolute atomic E-state index is 12.9. The fourth-order valence-corrected chi connectivity index (χ4v) is 3.61. The molecule has 8 heteroatoms. The van der Waals surface area contributed by atoms with Crippen molar-refractivity contribution in [1.29, 1.82) is 0 Å². The van der Waals surface area contributed by atoms with Gasteiger partial charge in [-0.05, 0) is 44.0 Å². The van der Waals surface area contributed by atoms with E-state index >= 15 is 0 Å². The highest BCUT2D eigenvalue weighted by molar-refractivity contribution is 5.99. The zero-order chi connectivity index (χ0) is 21.3. The van der Waals surface area contributed by atoms with Crippen LogP contribution >= 0.6 is 0 Å². The zero-order valence-electron chi connectivity index (χ0n) is 16.6. The number of fused-ring (bicyclic) bond motifs is 1. The van der Waals surface area contributed by atoms with Gasteiger partial charge in [-0.3, -0.25) is 9.59 Å². The van der Waals surface area contributed by atoms with Crippen molar-refractivity contribution in [2.24, 2.45) is 0 Å². The van der Waals surface area contributed by atoms with Gasteiger partial charge in [-0.15, -0.1) is 5.10 Å². The number of ether oxygens (including phenoxy) is 1. The number of benzene rings is 2. The number of esters is 1. The number of rotatable bonds is 5. The molecule has 8 nitrogen and oxygen atoms in total. The van der Waals surface area contributed by atoms with Gasteiger partial charge >= 0.3 is 11.7 Å². The topological polar surface area (TPSA) is 94.6 Å². The minimum atomic E-state index is -0.998. The van der Waals surface area contributed by atoms with Crippen molar-refractivity contribution in [3.8, 4) is 11.5 Å². The van der Waals surface area contributed by atoms with Crippen LogP contribution in [0.4, 0.5) is 5.69 Å². The number of aromatic nitrogens is 2. The number of carbonyl (C=O) groups is 2. The summed E-state index contributed by atoms with van der Waals surface area (Å²) in [5.41, 5.74) is 2.53. The molecule has 0 spiro atoms. The highest BCUT2D eigenvalue weighted by Gasteiger charge is 2.34. The minimum absolute atomic E-state index is 0.0253. The molecule has 154 valence electrons. The molecule has 2 aromatic carbocycles. The fraction of sp³-hybridized carbons (Fsp3) is 0.273. The molecule has 1 aliphatic heterocycles.